The average molecular weight is 496 g/mol. The van der Waals surface area contributed by atoms with Crippen molar-refractivity contribution in [3.8, 4) is 5.75 Å². The number of fused-ring (bicyclic) bond motifs is 1. The third kappa shape index (κ3) is 5.24. The van der Waals surface area contributed by atoms with Gasteiger partial charge in [0.15, 0.2) is 5.69 Å². The van der Waals surface area contributed by atoms with Crippen molar-refractivity contribution in [1.82, 2.24) is 25.3 Å². The number of nitrogens with zero attached hydrogens (tertiary/aromatic N) is 3. The van der Waals surface area contributed by atoms with Gasteiger partial charge in [-0.05, 0) is 39.2 Å². The first kappa shape index (κ1) is 25.7. The third-order valence-corrected chi connectivity index (χ3v) is 7.16. The highest BCUT2D eigenvalue weighted by molar-refractivity contribution is 6.02. The number of nitrogens with one attached hydrogen (secondary N) is 2. The van der Waals surface area contributed by atoms with Gasteiger partial charge in [0.05, 0.1) is 13.2 Å². The summed E-state index contributed by atoms with van der Waals surface area (Å²) in [5.74, 6) is -0.0889. The highest BCUT2D eigenvalue weighted by atomic mass is 16.5. The van der Waals surface area contributed by atoms with Crippen LogP contribution in [0.15, 0.2) is 30.3 Å². The number of para-hydroxylation sites is 1. The molecule has 194 valence electrons. The lowest BCUT2D eigenvalue weighted by molar-refractivity contribution is -0.133. The minimum atomic E-state index is -1.07. The molecule has 2 aliphatic rings. The van der Waals surface area contributed by atoms with Gasteiger partial charge in [0.25, 0.3) is 11.8 Å². The number of rotatable bonds is 10. The number of carbonyl (C=O) groups is 3. The maximum absolute atomic E-state index is 13.5. The van der Waals surface area contributed by atoms with E-state index in [0.717, 1.165) is 49.8 Å². The van der Waals surface area contributed by atoms with E-state index in [9.17, 15) is 14.4 Å². The summed E-state index contributed by atoms with van der Waals surface area (Å²) in [5.41, 5.74) is 0.271. The topological polar surface area (TPSA) is 106 Å². The van der Waals surface area contributed by atoms with E-state index in [1.54, 1.807) is 11.8 Å². The zero-order valence-electron chi connectivity index (χ0n) is 21.5. The van der Waals surface area contributed by atoms with Crippen LogP contribution in [0.4, 0.5) is 0 Å². The Hall–Kier alpha value is -3.36. The Bertz CT molecular complexity index is 1110. The fourth-order valence-electron chi connectivity index (χ4n) is 5.04. The summed E-state index contributed by atoms with van der Waals surface area (Å²) in [6, 6.07) is 9.21. The average Bonchev–Trinajstić information content (AvgIpc) is 3.53. The molecule has 3 amide bonds. The van der Waals surface area contributed by atoms with Crippen LogP contribution >= 0.6 is 0 Å². The monoisotopic (exact) mass is 495 g/mol. The maximum atomic E-state index is 13.5. The van der Waals surface area contributed by atoms with Crippen LogP contribution in [0.25, 0.3) is 0 Å². The summed E-state index contributed by atoms with van der Waals surface area (Å²) in [7, 11) is 0. The first-order valence-electron chi connectivity index (χ1n) is 13.1. The fourth-order valence-corrected chi connectivity index (χ4v) is 5.04. The van der Waals surface area contributed by atoms with Crippen molar-refractivity contribution in [3.05, 3.63) is 47.3 Å². The molecule has 1 fully saturated rings. The number of amides is 3. The van der Waals surface area contributed by atoms with Crippen LogP contribution in [-0.4, -0.2) is 57.1 Å². The molecule has 2 heterocycles. The van der Waals surface area contributed by atoms with Gasteiger partial charge in [0.1, 0.15) is 17.0 Å². The van der Waals surface area contributed by atoms with Crippen LogP contribution in [0.1, 0.15) is 85.8 Å². The van der Waals surface area contributed by atoms with E-state index >= 15 is 0 Å². The molecule has 1 aromatic heterocycles. The standard InChI is InChI=1S/C27H37N5O4/c1-4-6-15-31-25(34)22-16-21(24(33)28-17-19-11-7-10-14-23(19)36-5-2)30-32(22)18-27(31,3)26(35)29-20-12-8-9-13-20/h7,10-11,14,16,20H,4-6,8-9,12-13,15,17-18H2,1-3H3,(H,28,33)(H,29,35)/t27-/m1/s1. The largest absolute Gasteiger partial charge is 0.494 e. The number of hydrogen-bond donors (Lipinski definition) is 2. The van der Waals surface area contributed by atoms with E-state index in [0.29, 0.717) is 18.8 Å². The minimum Gasteiger partial charge on any atom is -0.494 e. The van der Waals surface area contributed by atoms with E-state index in [2.05, 4.69) is 22.7 Å². The Labute approximate surface area is 212 Å². The minimum absolute atomic E-state index is 0.150. The summed E-state index contributed by atoms with van der Waals surface area (Å²) in [6.45, 7) is 7.26. The van der Waals surface area contributed by atoms with Gasteiger partial charge in [0, 0.05) is 30.8 Å². The van der Waals surface area contributed by atoms with E-state index in [4.69, 9.17) is 4.74 Å². The first-order valence-corrected chi connectivity index (χ1v) is 13.1. The van der Waals surface area contributed by atoms with Crippen LogP contribution in [-0.2, 0) is 17.9 Å². The Balaban J connectivity index is 1.53. The molecule has 1 aromatic carbocycles. The molecule has 2 aromatic rings. The van der Waals surface area contributed by atoms with Crippen LogP contribution < -0.4 is 15.4 Å². The van der Waals surface area contributed by atoms with Gasteiger partial charge in [-0.2, -0.15) is 5.10 Å². The van der Waals surface area contributed by atoms with Gasteiger partial charge in [0.2, 0.25) is 5.91 Å². The smallest absolute Gasteiger partial charge is 0.273 e. The van der Waals surface area contributed by atoms with E-state index in [-0.39, 0.29) is 42.5 Å². The maximum Gasteiger partial charge on any atom is 0.273 e. The molecule has 1 aliphatic carbocycles. The number of benzene rings is 1. The van der Waals surface area contributed by atoms with E-state index in [1.807, 2.05) is 31.2 Å². The van der Waals surface area contributed by atoms with Crippen molar-refractivity contribution in [2.24, 2.45) is 0 Å². The molecule has 9 heteroatoms. The van der Waals surface area contributed by atoms with Crippen molar-refractivity contribution < 1.29 is 19.1 Å². The molecule has 9 nitrogen and oxygen atoms in total. The normalized spacial score (nSPS) is 19.8. The molecule has 0 spiro atoms. The van der Waals surface area contributed by atoms with Gasteiger partial charge in [-0.1, -0.05) is 44.4 Å². The van der Waals surface area contributed by atoms with Crippen molar-refractivity contribution in [3.63, 3.8) is 0 Å². The van der Waals surface area contributed by atoms with Gasteiger partial charge >= 0.3 is 0 Å². The van der Waals surface area contributed by atoms with Gasteiger partial charge in [-0.3, -0.25) is 19.1 Å². The fraction of sp³-hybridized carbons (Fsp3) is 0.556. The lowest BCUT2D eigenvalue weighted by Crippen LogP contribution is -2.65. The van der Waals surface area contributed by atoms with Crippen molar-refractivity contribution in [2.45, 2.75) is 84.0 Å². The molecule has 1 saturated carbocycles. The second-order valence-electron chi connectivity index (χ2n) is 9.83. The second-order valence-corrected chi connectivity index (χ2v) is 9.83. The highest BCUT2D eigenvalue weighted by Crippen LogP contribution is 2.29. The molecule has 0 bridgehead atoms. The quantitative estimate of drug-likeness (QED) is 0.526. The van der Waals surface area contributed by atoms with E-state index < -0.39 is 5.54 Å². The number of aromatic nitrogens is 2. The lowest BCUT2D eigenvalue weighted by atomic mass is 9.94. The van der Waals surface area contributed by atoms with Gasteiger partial charge < -0.3 is 20.3 Å². The van der Waals surface area contributed by atoms with Gasteiger partial charge in [-0.25, -0.2) is 0 Å². The molecular formula is C27H37N5O4. The molecule has 1 atom stereocenters. The first-order chi connectivity index (χ1) is 17.4. The number of ether oxygens (including phenoxy) is 1. The predicted octanol–water partition coefficient (Wildman–Crippen LogP) is 3.29. The van der Waals surface area contributed by atoms with Crippen molar-refractivity contribution >= 4 is 17.7 Å². The summed E-state index contributed by atoms with van der Waals surface area (Å²) in [4.78, 5) is 41.6. The Kier molecular flexibility index (Phi) is 7.96. The van der Waals surface area contributed by atoms with Crippen molar-refractivity contribution in [2.75, 3.05) is 13.2 Å². The summed E-state index contributed by atoms with van der Waals surface area (Å²) >= 11 is 0. The molecule has 2 N–H and O–H groups in total. The molecular weight excluding hydrogens is 458 g/mol. The molecule has 0 radical (unpaired) electrons. The number of hydrogen-bond acceptors (Lipinski definition) is 5. The van der Waals surface area contributed by atoms with E-state index in [1.165, 1.54) is 10.7 Å². The molecule has 1 aliphatic heterocycles. The SMILES string of the molecule is CCCCN1C(=O)c2cc(C(=O)NCc3ccccc3OCC)nn2C[C@]1(C)C(=O)NC1CCCC1. The second kappa shape index (κ2) is 11.1. The van der Waals surface area contributed by atoms with Crippen molar-refractivity contribution in [1.29, 1.82) is 0 Å². The molecule has 36 heavy (non-hydrogen) atoms. The molecule has 0 saturated heterocycles. The zero-order chi connectivity index (χ0) is 25.7. The third-order valence-electron chi connectivity index (χ3n) is 7.16. The summed E-state index contributed by atoms with van der Waals surface area (Å²) in [6.07, 6.45) is 5.84. The molecule has 0 unspecified atom stereocenters. The summed E-state index contributed by atoms with van der Waals surface area (Å²) < 4.78 is 7.15. The number of unbranched alkanes of at least 4 members (excludes halogenated alkanes) is 1. The van der Waals surface area contributed by atoms with Crippen LogP contribution in [0, 0.1) is 0 Å². The predicted molar refractivity (Wildman–Crippen MR) is 136 cm³/mol. The zero-order valence-corrected chi connectivity index (χ0v) is 21.5. The number of carbonyl (C=O) groups excluding carboxylic acids is 3. The van der Waals surface area contributed by atoms with Crippen LogP contribution in [0.5, 0.6) is 5.75 Å². The van der Waals surface area contributed by atoms with Crippen LogP contribution in [0.2, 0.25) is 0 Å². The van der Waals surface area contributed by atoms with Gasteiger partial charge in [-0.15, -0.1) is 0 Å². The Morgan fingerprint density at radius 1 is 1.19 bits per heavy atom. The molecule has 4 rings (SSSR count). The lowest BCUT2D eigenvalue weighted by Gasteiger charge is -2.43. The Morgan fingerprint density at radius 2 is 1.94 bits per heavy atom. The highest BCUT2D eigenvalue weighted by Gasteiger charge is 2.48. The Morgan fingerprint density at radius 3 is 2.67 bits per heavy atom. The van der Waals surface area contributed by atoms with Crippen LogP contribution in [0.3, 0.4) is 0 Å². The summed E-state index contributed by atoms with van der Waals surface area (Å²) in [5, 5.41) is 10.5.